The third-order valence-electron chi connectivity index (χ3n) is 6.58. The van der Waals surface area contributed by atoms with E-state index in [4.69, 9.17) is 9.72 Å². The van der Waals surface area contributed by atoms with Crippen molar-refractivity contribution < 1.29 is 14.3 Å². The first-order valence-electron chi connectivity index (χ1n) is 12.3. The average Bonchev–Trinajstić information content (AvgIpc) is 3.24. The number of nitrogens with one attached hydrogen (secondary N) is 1. The molecule has 36 heavy (non-hydrogen) atoms. The molecule has 4 aromatic rings. The van der Waals surface area contributed by atoms with Crippen molar-refractivity contribution in [3.8, 4) is 5.75 Å². The van der Waals surface area contributed by atoms with Crippen molar-refractivity contribution in [2.75, 3.05) is 18.1 Å². The number of para-hydroxylation sites is 3. The molecule has 1 aliphatic rings. The summed E-state index contributed by atoms with van der Waals surface area (Å²) in [7, 11) is 0. The van der Waals surface area contributed by atoms with Crippen LogP contribution in [0, 0.1) is 13.8 Å². The number of hydrogen-bond acceptors (Lipinski definition) is 4. The fourth-order valence-corrected chi connectivity index (χ4v) is 4.68. The van der Waals surface area contributed by atoms with Crippen LogP contribution in [0.4, 0.5) is 5.69 Å². The third kappa shape index (κ3) is 4.96. The number of rotatable bonds is 7. The number of aryl methyl sites for hydroxylation is 3. The predicted octanol–water partition coefficient (Wildman–Crippen LogP) is 4.33. The largest absolute Gasteiger partial charge is 0.483 e. The van der Waals surface area contributed by atoms with Crippen molar-refractivity contribution in [1.29, 1.82) is 0 Å². The molecule has 0 aliphatic carbocycles. The van der Waals surface area contributed by atoms with E-state index in [1.807, 2.05) is 84.0 Å². The Balaban J connectivity index is 1.30. The quantitative estimate of drug-likeness (QED) is 0.426. The Bertz CT molecular complexity index is 1430. The smallest absolute Gasteiger partial charge is 0.258 e. The van der Waals surface area contributed by atoms with E-state index in [2.05, 4.69) is 11.4 Å². The maximum atomic E-state index is 13.5. The molecule has 0 radical (unpaired) electrons. The van der Waals surface area contributed by atoms with Gasteiger partial charge in [-0.25, -0.2) is 4.98 Å². The summed E-state index contributed by atoms with van der Waals surface area (Å²) in [6, 6.07) is 21.7. The first-order chi connectivity index (χ1) is 17.5. The van der Waals surface area contributed by atoms with Crippen LogP contribution in [0.25, 0.3) is 11.0 Å². The van der Waals surface area contributed by atoms with Gasteiger partial charge in [0, 0.05) is 12.2 Å². The van der Waals surface area contributed by atoms with Gasteiger partial charge in [-0.05, 0) is 67.6 Å². The van der Waals surface area contributed by atoms with Crippen LogP contribution in [0.15, 0.2) is 66.7 Å². The monoisotopic (exact) mass is 482 g/mol. The lowest BCUT2D eigenvalue weighted by molar-refractivity contribution is -0.123. The number of nitrogens with zero attached hydrogens (tertiary/aromatic N) is 3. The number of anilines is 1. The van der Waals surface area contributed by atoms with Crippen molar-refractivity contribution in [3.63, 3.8) is 0 Å². The Kier molecular flexibility index (Phi) is 6.71. The van der Waals surface area contributed by atoms with Crippen molar-refractivity contribution in [2.45, 2.75) is 39.8 Å². The minimum Gasteiger partial charge on any atom is -0.483 e. The van der Waals surface area contributed by atoms with Crippen LogP contribution in [0.1, 0.15) is 28.9 Å². The predicted molar refractivity (Wildman–Crippen MR) is 140 cm³/mol. The first-order valence-corrected chi connectivity index (χ1v) is 12.3. The zero-order valence-corrected chi connectivity index (χ0v) is 20.7. The lowest BCUT2D eigenvalue weighted by Gasteiger charge is -2.29. The van der Waals surface area contributed by atoms with Gasteiger partial charge in [0.15, 0.2) is 6.61 Å². The van der Waals surface area contributed by atoms with Crippen LogP contribution in [0.3, 0.4) is 0 Å². The molecule has 0 unspecified atom stereocenters. The molecule has 3 aromatic carbocycles. The van der Waals surface area contributed by atoms with E-state index < -0.39 is 0 Å². The minimum absolute atomic E-state index is 0.0103. The molecule has 0 spiro atoms. The fraction of sp³-hybridized carbons (Fsp3) is 0.276. The Hall–Kier alpha value is -4.13. The molecule has 184 valence electrons. The first kappa shape index (κ1) is 23.6. The number of carbonyl (C=O) groups is 2. The van der Waals surface area contributed by atoms with Gasteiger partial charge in [-0.1, -0.05) is 42.5 Å². The van der Waals surface area contributed by atoms with Crippen LogP contribution in [0.5, 0.6) is 5.75 Å². The van der Waals surface area contributed by atoms with Gasteiger partial charge in [0.2, 0.25) is 5.91 Å². The highest BCUT2D eigenvalue weighted by Crippen LogP contribution is 2.27. The maximum absolute atomic E-state index is 13.5. The second-order valence-corrected chi connectivity index (χ2v) is 9.21. The van der Waals surface area contributed by atoms with Crippen molar-refractivity contribution in [3.05, 3.63) is 89.2 Å². The van der Waals surface area contributed by atoms with E-state index in [1.165, 1.54) is 5.56 Å². The topological polar surface area (TPSA) is 76.5 Å². The average molecular weight is 483 g/mol. The minimum atomic E-state index is -0.245. The fourth-order valence-electron chi connectivity index (χ4n) is 4.68. The highest BCUT2D eigenvalue weighted by atomic mass is 16.5. The van der Waals surface area contributed by atoms with E-state index in [0.717, 1.165) is 40.7 Å². The molecular weight excluding hydrogens is 452 g/mol. The standard InChI is InChI=1S/C29H30N4O3/c1-20-13-14-21(2)26(16-20)36-19-28(34)30-17-27-31-23-10-4-6-12-25(23)33(27)18-29(35)32-15-7-9-22-8-3-5-11-24(22)32/h3-6,8,10-14,16H,7,9,15,17-19H2,1-2H3,(H,30,34). The molecule has 1 aromatic heterocycles. The number of aromatic nitrogens is 2. The van der Waals surface area contributed by atoms with Crippen molar-refractivity contribution in [1.82, 2.24) is 14.9 Å². The van der Waals surface area contributed by atoms with Gasteiger partial charge in [0.05, 0.1) is 17.6 Å². The normalized spacial score (nSPS) is 12.9. The lowest BCUT2D eigenvalue weighted by atomic mass is 10.0. The van der Waals surface area contributed by atoms with E-state index in [-0.39, 0.29) is 31.5 Å². The summed E-state index contributed by atoms with van der Waals surface area (Å²) in [5.41, 5.74) is 5.89. The molecule has 7 heteroatoms. The van der Waals surface area contributed by atoms with Crippen LogP contribution < -0.4 is 15.0 Å². The van der Waals surface area contributed by atoms with Crippen molar-refractivity contribution >= 4 is 28.5 Å². The Labute approximate surface area is 210 Å². The van der Waals surface area contributed by atoms with E-state index >= 15 is 0 Å². The molecule has 0 atom stereocenters. The number of imidazole rings is 1. The zero-order chi connectivity index (χ0) is 25.1. The number of benzene rings is 3. The Morgan fingerprint density at radius 2 is 1.83 bits per heavy atom. The van der Waals surface area contributed by atoms with E-state index in [1.54, 1.807) is 0 Å². The number of fused-ring (bicyclic) bond motifs is 2. The molecule has 2 heterocycles. The number of carbonyl (C=O) groups excluding carboxylic acids is 2. The summed E-state index contributed by atoms with van der Waals surface area (Å²) in [6.07, 6.45) is 1.92. The molecular formula is C29H30N4O3. The Morgan fingerprint density at radius 1 is 1.03 bits per heavy atom. The highest BCUT2D eigenvalue weighted by Gasteiger charge is 2.24. The van der Waals surface area contributed by atoms with Gasteiger partial charge in [-0.2, -0.15) is 0 Å². The Morgan fingerprint density at radius 3 is 2.72 bits per heavy atom. The maximum Gasteiger partial charge on any atom is 0.258 e. The third-order valence-corrected chi connectivity index (χ3v) is 6.58. The molecule has 2 amide bonds. The van der Waals surface area contributed by atoms with E-state index in [0.29, 0.717) is 18.1 Å². The highest BCUT2D eigenvalue weighted by molar-refractivity contribution is 5.95. The summed E-state index contributed by atoms with van der Waals surface area (Å²) in [5, 5.41) is 2.90. The van der Waals surface area contributed by atoms with Crippen LogP contribution >= 0.6 is 0 Å². The number of ether oxygens (including phenoxy) is 1. The summed E-state index contributed by atoms with van der Waals surface area (Å²) in [6.45, 7) is 4.90. The molecule has 7 nitrogen and oxygen atoms in total. The molecule has 0 bridgehead atoms. The van der Waals surface area contributed by atoms with Gasteiger partial charge in [-0.3, -0.25) is 9.59 Å². The second kappa shape index (κ2) is 10.2. The molecule has 5 rings (SSSR count). The van der Waals surface area contributed by atoms with Gasteiger partial charge in [-0.15, -0.1) is 0 Å². The summed E-state index contributed by atoms with van der Waals surface area (Å²) < 4.78 is 7.64. The summed E-state index contributed by atoms with van der Waals surface area (Å²) in [5.74, 6) is 1.10. The second-order valence-electron chi connectivity index (χ2n) is 9.21. The molecule has 0 saturated carbocycles. The SMILES string of the molecule is Cc1ccc(C)c(OCC(=O)NCc2nc3ccccc3n2CC(=O)N2CCCc3ccccc32)c1. The molecule has 0 saturated heterocycles. The van der Waals surface area contributed by atoms with Crippen LogP contribution in [-0.4, -0.2) is 34.5 Å². The number of amides is 2. The van der Waals surface area contributed by atoms with Crippen molar-refractivity contribution in [2.24, 2.45) is 0 Å². The zero-order valence-electron chi connectivity index (χ0n) is 20.7. The summed E-state index contributed by atoms with van der Waals surface area (Å²) >= 11 is 0. The van der Waals surface area contributed by atoms with Gasteiger partial charge in [0.25, 0.3) is 5.91 Å². The van der Waals surface area contributed by atoms with E-state index in [9.17, 15) is 9.59 Å². The van der Waals surface area contributed by atoms with Gasteiger partial charge >= 0.3 is 0 Å². The van der Waals surface area contributed by atoms with Gasteiger partial charge in [0.1, 0.15) is 18.1 Å². The molecule has 0 fully saturated rings. The van der Waals surface area contributed by atoms with Gasteiger partial charge < -0.3 is 19.5 Å². The van der Waals surface area contributed by atoms with Crippen LogP contribution in [0.2, 0.25) is 0 Å². The summed E-state index contributed by atoms with van der Waals surface area (Å²) in [4.78, 5) is 32.6. The lowest BCUT2D eigenvalue weighted by Crippen LogP contribution is -2.38. The molecule has 1 aliphatic heterocycles. The molecule has 1 N–H and O–H groups in total. The number of hydrogen-bond donors (Lipinski definition) is 1. The van der Waals surface area contributed by atoms with Crippen LogP contribution in [-0.2, 0) is 29.1 Å².